The second-order valence-corrected chi connectivity index (χ2v) is 6.58. The van der Waals surface area contributed by atoms with Gasteiger partial charge in [0.15, 0.2) is 0 Å². The van der Waals surface area contributed by atoms with E-state index in [9.17, 15) is 14.0 Å². The number of benzene rings is 2. The first-order valence-electron chi connectivity index (χ1n) is 8.59. The Hall–Kier alpha value is -2.69. The largest absolute Gasteiger partial charge is 0.312 e. The first kappa shape index (κ1) is 15.8. The lowest BCUT2D eigenvalue weighted by Gasteiger charge is -2.31. The molecular weight excluding hydrogens is 319 g/mol. The second kappa shape index (κ2) is 6.31. The van der Waals surface area contributed by atoms with Crippen LogP contribution in [0.1, 0.15) is 18.4 Å². The summed E-state index contributed by atoms with van der Waals surface area (Å²) in [5, 5.41) is 0. The van der Waals surface area contributed by atoms with Crippen molar-refractivity contribution in [1.29, 1.82) is 0 Å². The van der Waals surface area contributed by atoms with Gasteiger partial charge in [-0.25, -0.2) is 4.39 Å². The highest BCUT2D eigenvalue weighted by Crippen LogP contribution is 2.32. The molecule has 0 N–H and O–H groups in total. The summed E-state index contributed by atoms with van der Waals surface area (Å²) in [5.41, 5.74) is 2.36. The maximum atomic E-state index is 14.0. The van der Waals surface area contributed by atoms with Crippen LogP contribution in [0.3, 0.4) is 0 Å². The average molecular weight is 338 g/mol. The standard InChI is InChI=1S/C20H19FN2O2/c21-16-8-2-4-10-18(16)23-13-15(12-19(23)24)20(25)22-11-5-7-14-6-1-3-9-17(14)22/h1-4,6,8-10,15H,5,7,11-13H2. The summed E-state index contributed by atoms with van der Waals surface area (Å²) in [6.45, 7) is 0.900. The molecule has 0 aliphatic carbocycles. The number of halogens is 1. The van der Waals surface area contributed by atoms with Crippen molar-refractivity contribution in [3.05, 3.63) is 59.9 Å². The molecule has 25 heavy (non-hydrogen) atoms. The molecule has 1 atom stereocenters. The Morgan fingerprint density at radius 1 is 1.04 bits per heavy atom. The van der Waals surface area contributed by atoms with E-state index < -0.39 is 11.7 Å². The molecule has 4 nitrogen and oxygen atoms in total. The minimum absolute atomic E-state index is 0.0423. The van der Waals surface area contributed by atoms with Gasteiger partial charge in [-0.05, 0) is 36.6 Å². The molecule has 1 fully saturated rings. The molecule has 0 radical (unpaired) electrons. The molecule has 0 saturated carbocycles. The number of anilines is 2. The number of para-hydroxylation sites is 2. The molecule has 4 rings (SSSR count). The van der Waals surface area contributed by atoms with Crippen molar-refractivity contribution in [2.45, 2.75) is 19.3 Å². The Morgan fingerprint density at radius 3 is 2.56 bits per heavy atom. The molecule has 2 heterocycles. The molecule has 1 saturated heterocycles. The van der Waals surface area contributed by atoms with Gasteiger partial charge in [-0.3, -0.25) is 9.59 Å². The van der Waals surface area contributed by atoms with Crippen LogP contribution >= 0.6 is 0 Å². The zero-order valence-corrected chi connectivity index (χ0v) is 13.8. The van der Waals surface area contributed by atoms with E-state index in [0.29, 0.717) is 6.54 Å². The number of amides is 2. The third-order valence-electron chi connectivity index (χ3n) is 4.99. The molecule has 1 unspecified atom stereocenters. The second-order valence-electron chi connectivity index (χ2n) is 6.58. The molecule has 2 aromatic carbocycles. The third-order valence-corrected chi connectivity index (χ3v) is 4.99. The zero-order chi connectivity index (χ0) is 17.4. The van der Waals surface area contributed by atoms with Crippen molar-refractivity contribution < 1.29 is 14.0 Å². The van der Waals surface area contributed by atoms with Crippen LogP contribution in [0.4, 0.5) is 15.8 Å². The van der Waals surface area contributed by atoms with Crippen LogP contribution in [0.5, 0.6) is 0 Å². The monoisotopic (exact) mass is 338 g/mol. The predicted octanol–water partition coefficient (Wildman–Crippen LogP) is 3.16. The van der Waals surface area contributed by atoms with Gasteiger partial charge in [0.25, 0.3) is 0 Å². The lowest BCUT2D eigenvalue weighted by molar-refractivity contribution is -0.124. The fraction of sp³-hybridized carbons (Fsp3) is 0.300. The van der Waals surface area contributed by atoms with Gasteiger partial charge >= 0.3 is 0 Å². The summed E-state index contributed by atoms with van der Waals surface area (Å²) < 4.78 is 14.0. The van der Waals surface area contributed by atoms with Crippen LogP contribution in [0, 0.1) is 11.7 Å². The van der Waals surface area contributed by atoms with Crippen LogP contribution < -0.4 is 9.80 Å². The molecule has 2 aliphatic heterocycles. The molecule has 0 spiro atoms. The van der Waals surface area contributed by atoms with Crippen molar-refractivity contribution in [2.24, 2.45) is 5.92 Å². The normalized spacial score (nSPS) is 19.9. The highest BCUT2D eigenvalue weighted by Gasteiger charge is 2.39. The maximum Gasteiger partial charge on any atom is 0.232 e. The van der Waals surface area contributed by atoms with Gasteiger partial charge < -0.3 is 9.80 Å². The van der Waals surface area contributed by atoms with Crippen LogP contribution in [-0.2, 0) is 16.0 Å². The summed E-state index contributed by atoms with van der Waals surface area (Å²) in [7, 11) is 0. The molecule has 128 valence electrons. The van der Waals surface area contributed by atoms with Gasteiger partial charge in [0.2, 0.25) is 11.8 Å². The first-order valence-corrected chi connectivity index (χ1v) is 8.59. The molecule has 0 aromatic heterocycles. The van der Waals surface area contributed by atoms with Crippen molar-refractivity contribution in [2.75, 3.05) is 22.9 Å². The Balaban J connectivity index is 1.57. The van der Waals surface area contributed by atoms with E-state index in [1.807, 2.05) is 24.3 Å². The highest BCUT2D eigenvalue weighted by atomic mass is 19.1. The van der Waals surface area contributed by atoms with E-state index in [4.69, 9.17) is 0 Å². The minimum atomic E-state index is -0.438. The van der Waals surface area contributed by atoms with Crippen molar-refractivity contribution in [1.82, 2.24) is 0 Å². The maximum absolute atomic E-state index is 14.0. The van der Waals surface area contributed by atoms with E-state index >= 15 is 0 Å². The number of fused-ring (bicyclic) bond motifs is 1. The van der Waals surface area contributed by atoms with E-state index in [2.05, 4.69) is 0 Å². The number of hydrogen-bond donors (Lipinski definition) is 0. The Morgan fingerprint density at radius 2 is 1.76 bits per heavy atom. The Kier molecular flexibility index (Phi) is 3.99. The summed E-state index contributed by atoms with van der Waals surface area (Å²) in [6.07, 6.45) is 2.01. The van der Waals surface area contributed by atoms with Crippen molar-refractivity contribution in [3.63, 3.8) is 0 Å². The summed E-state index contributed by atoms with van der Waals surface area (Å²) in [6, 6.07) is 14.1. The third kappa shape index (κ3) is 2.80. The molecular formula is C20H19FN2O2. The lowest BCUT2D eigenvalue weighted by Crippen LogP contribution is -2.40. The Labute approximate surface area is 145 Å². The van der Waals surface area contributed by atoms with Crippen LogP contribution in [0.2, 0.25) is 0 Å². The van der Waals surface area contributed by atoms with E-state index in [-0.39, 0.29) is 30.5 Å². The number of aryl methyl sites for hydroxylation is 1. The van der Waals surface area contributed by atoms with E-state index in [0.717, 1.165) is 24.1 Å². The number of carbonyl (C=O) groups excluding carboxylic acids is 2. The first-order chi connectivity index (χ1) is 12.1. The van der Waals surface area contributed by atoms with Crippen molar-refractivity contribution >= 4 is 23.2 Å². The zero-order valence-electron chi connectivity index (χ0n) is 13.8. The summed E-state index contributed by atoms with van der Waals surface area (Å²) in [5.74, 6) is -1.11. The molecule has 5 heteroatoms. The predicted molar refractivity (Wildman–Crippen MR) is 94.0 cm³/mol. The van der Waals surface area contributed by atoms with Crippen LogP contribution in [0.25, 0.3) is 0 Å². The Bertz CT molecular complexity index is 836. The SMILES string of the molecule is O=C1CC(C(=O)N2CCCc3ccccc32)CN1c1ccccc1F. The number of nitrogens with zero attached hydrogens (tertiary/aromatic N) is 2. The molecule has 2 amide bonds. The average Bonchev–Trinajstić information content (AvgIpc) is 3.02. The highest BCUT2D eigenvalue weighted by molar-refractivity contribution is 6.04. The van der Waals surface area contributed by atoms with Gasteiger partial charge in [-0.1, -0.05) is 30.3 Å². The number of rotatable bonds is 2. The summed E-state index contributed by atoms with van der Waals surface area (Å²) >= 11 is 0. The number of hydrogen-bond acceptors (Lipinski definition) is 2. The fourth-order valence-electron chi connectivity index (χ4n) is 3.76. The van der Waals surface area contributed by atoms with E-state index in [1.165, 1.54) is 11.0 Å². The van der Waals surface area contributed by atoms with Gasteiger partial charge in [0.05, 0.1) is 11.6 Å². The topological polar surface area (TPSA) is 40.6 Å². The molecule has 0 bridgehead atoms. The van der Waals surface area contributed by atoms with Gasteiger partial charge in [-0.2, -0.15) is 0 Å². The van der Waals surface area contributed by atoms with Gasteiger partial charge in [-0.15, -0.1) is 0 Å². The van der Waals surface area contributed by atoms with Gasteiger partial charge in [0.1, 0.15) is 5.82 Å². The van der Waals surface area contributed by atoms with Gasteiger partial charge in [0, 0.05) is 25.2 Å². The number of carbonyl (C=O) groups is 2. The quantitative estimate of drug-likeness (QED) is 0.844. The van der Waals surface area contributed by atoms with Crippen LogP contribution in [-0.4, -0.2) is 24.9 Å². The molecule has 2 aliphatic rings. The lowest BCUT2D eigenvalue weighted by atomic mass is 9.99. The summed E-state index contributed by atoms with van der Waals surface area (Å²) in [4.78, 5) is 28.6. The van der Waals surface area contributed by atoms with E-state index in [1.54, 1.807) is 23.1 Å². The smallest absolute Gasteiger partial charge is 0.232 e. The minimum Gasteiger partial charge on any atom is -0.312 e. The van der Waals surface area contributed by atoms with Crippen LogP contribution in [0.15, 0.2) is 48.5 Å². The molecule has 2 aromatic rings. The fourth-order valence-corrected chi connectivity index (χ4v) is 3.76. The van der Waals surface area contributed by atoms with Crippen molar-refractivity contribution in [3.8, 4) is 0 Å².